The van der Waals surface area contributed by atoms with E-state index in [1.807, 2.05) is 24.3 Å². The van der Waals surface area contributed by atoms with Crippen molar-refractivity contribution >= 4 is 17.3 Å². The van der Waals surface area contributed by atoms with Crippen LogP contribution in [0.5, 0.6) is 0 Å². The van der Waals surface area contributed by atoms with Gasteiger partial charge in [0, 0.05) is 24.3 Å². The van der Waals surface area contributed by atoms with Crippen LogP contribution in [0.25, 0.3) is 0 Å². The van der Waals surface area contributed by atoms with Crippen LogP contribution >= 0.6 is 0 Å². The molecule has 2 N–H and O–H groups in total. The van der Waals surface area contributed by atoms with E-state index in [0.717, 1.165) is 23.4 Å². The molecule has 0 aliphatic heterocycles. The second-order valence-electron chi connectivity index (χ2n) is 7.10. The molecule has 0 radical (unpaired) electrons. The minimum atomic E-state index is -4.35. The van der Waals surface area contributed by atoms with E-state index >= 15 is 0 Å². The standard InChI is InChI=1S/C20H23F3N2O/c1-19(2,3)16-6-4-5-7-17(16)25-18(26)12-13-24-15-10-8-14(9-11-15)20(21,22)23/h4-11,24H,12-13H2,1-3H3,(H,25,26). The summed E-state index contributed by atoms with van der Waals surface area (Å²) in [6.45, 7) is 6.55. The van der Waals surface area contributed by atoms with E-state index in [9.17, 15) is 18.0 Å². The molecule has 0 aliphatic carbocycles. The number of nitrogens with one attached hydrogen (secondary N) is 2. The highest BCUT2D eigenvalue weighted by Crippen LogP contribution is 2.30. The molecule has 0 saturated carbocycles. The Kier molecular flexibility index (Phi) is 5.95. The normalized spacial score (nSPS) is 11.9. The zero-order valence-electron chi connectivity index (χ0n) is 15.1. The van der Waals surface area contributed by atoms with Crippen molar-refractivity contribution < 1.29 is 18.0 Å². The molecule has 0 atom stereocenters. The number of benzene rings is 2. The Morgan fingerprint density at radius 2 is 1.58 bits per heavy atom. The molecule has 6 heteroatoms. The fourth-order valence-electron chi connectivity index (χ4n) is 2.56. The molecule has 2 rings (SSSR count). The SMILES string of the molecule is CC(C)(C)c1ccccc1NC(=O)CCNc1ccc(C(F)(F)F)cc1. The van der Waals surface area contributed by atoms with Crippen LogP contribution in [0, 0.1) is 0 Å². The molecule has 3 nitrogen and oxygen atoms in total. The van der Waals surface area contributed by atoms with Gasteiger partial charge in [0.05, 0.1) is 5.56 Å². The summed E-state index contributed by atoms with van der Waals surface area (Å²) >= 11 is 0. The third-order valence-electron chi connectivity index (χ3n) is 3.90. The van der Waals surface area contributed by atoms with Gasteiger partial charge in [-0.3, -0.25) is 4.79 Å². The number of carbonyl (C=O) groups is 1. The highest BCUT2D eigenvalue weighted by atomic mass is 19.4. The first-order valence-corrected chi connectivity index (χ1v) is 8.38. The van der Waals surface area contributed by atoms with Crippen molar-refractivity contribution in [2.75, 3.05) is 17.2 Å². The first-order valence-electron chi connectivity index (χ1n) is 8.38. The summed E-state index contributed by atoms with van der Waals surface area (Å²) < 4.78 is 37.6. The lowest BCUT2D eigenvalue weighted by Crippen LogP contribution is -2.20. The fourth-order valence-corrected chi connectivity index (χ4v) is 2.56. The molecule has 140 valence electrons. The zero-order chi connectivity index (χ0) is 19.4. The number of amides is 1. The van der Waals surface area contributed by atoms with Crippen molar-refractivity contribution in [1.29, 1.82) is 0 Å². The molecule has 0 fully saturated rings. The number of rotatable bonds is 5. The van der Waals surface area contributed by atoms with Crippen molar-refractivity contribution in [3.05, 3.63) is 59.7 Å². The van der Waals surface area contributed by atoms with Crippen LogP contribution in [0.4, 0.5) is 24.5 Å². The topological polar surface area (TPSA) is 41.1 Å². The van der Waals surface area contributed by atoms with Gasteiger partial charge in [0.1, 0.15) is 0 Å². The van der Waals surface area contributed by atoms with Crippen LogP contribution in [-0.4, -0.2) is 12.5 Å². The third kappa shape index (κ3) is 5.51. The number of para-hydroxylation sites is 1. The molecule has 0 spiro atoms. The van der Waals surface area contributed by atoms with E-state index in [-0.39, 0.29) is 17.7 Å². The maximum atomic E-state index is 12.5. The lowest BCUT2D eigenvalue weighted by atomic mass is 9.86. The van der Waals surface area contributed by atoms with Crippen LogP contribution in [0.15, 0.2) is 48.5 Å². The molecule has 0 heterocycles. The third-order valence-corrected chi connectivity index (χ3v) is 3.90. The van der Waals surface area contributed by atoms with Gasteiger partial charge in [0.25, 0.3) is 0 Å². The average Bonchev–Trinajstić information content (AvgIpc) is 2.54. The van der Waals surface area contributed by atoms with E-state index in [4.69, 9.17) is 0 Å². The van der Waals surface area contributed by atoms with E-state index in [2.05, 4.69) is 31.4 Å². The lowest BCUT2D eigenvalue weighted by Gasteiger charge is -2.23. The van der Waals surface area contributed by atoms with Gasteiger partial charge in [0.15, 0.2) is 0 Å². The zero-order valence-corrected chi connectivity index (χ0v) is 15.1. The van der Waals surface area contributed by atoms with Gasteiger partial charge in [-0.2, -0.15) is 13.2 Å². The Labute approximate surface area is 151 Å². The molecule has 2 aromatic rings. The number of anilines is 2. The van der Waals surface area contributed by atoms with Gasteiger partial charge >= 0.3 is 6.18 Å². The molecular formula is C20H23F3N2O. The van der Waals surface area contributed by atoms with Gasteiger partial charge < -0.3 is 10.6 Å². The number of alkyl halides is 3. The van der Waals surface area contributed by atoms with E-state index in [1.54, 1.807) is 0 Å². The van der Waals surface area contributed by atoms with Crippen LogP contribution in [0.3, 0.4) is 0 Å². The Balaban J connectivity index is 1.88. The monoisotopic (exact) mass is 364 g/mol. The molecule has 0 aromatic heterocycles. The first-order chi connectivity index (χ1) is 12.1. The summed E-state index contributed by atoms with van der Waals surface area (Å²) in [5.41, 5.74) is 1.58. The van der Waals surface area contributed by atoms with Crippen LogP contribution in [-0.2, 0) is 16.4 Å². The molecular weight excluding hydrogens is 341 g/mol. The highest BCUT2D eigenvalue weighted by Gasteiger charge is 2.29. The molecule has 2 aromatic carbocycles. The smallest absolute Gasteiger partial charge is 0.385 e. The van der Waals surface area contributed by atoms with Gasteiger partial charge in [-0.15, -0.1) is 0 Å². The molecule has 26 heavy (non-hydrogen) atoms. The first kappa shape index (κ1) is 19.8. The Hall–Kier alpha value is -2.50. The van der Waals surface area contributed by atoms with E-state index in [1.165, 1.54) is 12.1 Å². The van der Waals surface area contributed by atoms with Crippen LogP contribution in [0.2, 0.25) is 0 Å². The summed E-state index contributed by atoms with van der Waals surface area (Å²) in [6.07, 6.45) is -4.14. The largest absolute Gasteiger partial charge is 0.416 e. The second-order valence-corrected chi connectivity index (χ2v) is 7.10. The number of carbonyl (C=O) groups excluding carboxylic acids is 1. The van der Waals surface area contributed by atoms with E-state index in [0.29, 0.717) is 12.2 Å². The maximum Gasteiger partial charge on any atom is 0.416 e. The summed E-state index contributed by atoms with van der Waals surface area (Å²) in [4.78, 5) is 12.2. The van der Waals surface area contributed by atoms with Crippen molar-refractivity contribution in [3.63, 3.8) is 0 Å². The quantitative estimate of drug-likeness (QED) is 0.741. The molecule has 0 bridgehead atoms. The number of halogens is 3. The van der Waals surface area contributed by atoms with Gasteiger partial charge in [0.2, 0.25) is 5.91 Å². The van der Waals surface area contributed by atoms with Crippen LogP contribution in [0.1, 0.15) is 38.3 Å². The summed E-state index contributed by atoms with van der Waals surface area (Å²) in [5, 5.41) is 5.86. The average molecular weight is 364 g/mol. The Bertz CT molecular complexity index is 747. The van der Waals surface area contributed by atoms with Crippen molar-refractivity contribution in [1.82, 2.24) is 0 Å². The van der Waals surface area contributed by atoms with E-state index < -0.39 is 11.7 Å². The van der Waals surface area contributed by atoms with Crippen molar-refractivity contribution in [2.45, 2.75) is 38.8 Å². The summed E-state index contributed by atoms with van der Waals surface area (Å²) in [6, 6.07) is 12.4. The number of hydrogen-bond acceptors (Lipinski definition) is 2. The fraction of sp³-hybridized carbons (Fsp3) is 0.350. The molecule has 1 amide bonds. The summed E-state index contributed by atoms with van der Waals surface area (Å²) in [7, 11) is 0. The minimum Gasteiger partial charge on any atom is -0.385 e. The summed E-state index contributed by atoms with van der Waals surface area (Å²) in [5.74, 6) is -0.152. The van der Waals surface area contributed by atoms with Crippen LogP contribution < -0.4 is 10.6 Å². The van der Waals surface area contributed by atoms with Crippen molar-refractivity contribution in [2.24, 2.45) is 0 Å². The Morgan fingerprint density at radius 1 is 0.962 bits per heavy atom. The molecule has 0 aliphatic rings. The highest BCUT2D eigenvalue weighted by molar-refractivity contribution is 5.92. The van der Waals surface area contributed by atoms with Gasteiger partial charge in [-0.05, 0) is 41.3 Å². The van der Waals surface area contributed by atoms with Crippen molar-refractivity contribution in [3.8, 4) is 0 Å². The predicted octanol–water partition coefficient (Wildman–Crippen LogP) is 5.44. The maximum absolute atomic E-state index is 12.5. The minimum absolute atomic E-state index is 0.0949. The van der Waals surface area contributed by atoms with Gasteiger partial charge in [-0.1, -0.05) is 39.0 Å². The molecule has 0 saturated heterocycles. The van der Waals surface area contributed by atoms with Gasteiger partial charge in [-0.25, -0.2) is 0 Å². The lowest BCUT2D eigenvalue weighted by molar-refractivity contribution is -0.137. The Morgan fingerprint density at radius 3 is 2.15 bits per heavy atom. The predicted molar refractivity (Wildman–Crippen MR) is 98.3 cm³/mol. The number of hydrogen-bond donors (Lipinski definition) is 2. The second kappa shape index (κ2) is 7.81. The molecule has 0 unspecified atom stereocenters.